The van der Waals surface area contributed by atoms with E-state index in [1.54, 1.807) is 43.2 Å². The van der Waals surface area contributed by atoms with E-state index in [1.165, 1.54) is 4.68 Å². The smallest absolute Gasteiger partial charge is 0.274 e. The van der Waals surface area contributed by atoms with Gasteiger partial charge in [-0.05, 0) is 17.5 Å². The van der Waals surface area contributed by atoms with Crippen molar-refractivity contribution in [2.75, 3.05) is 5.43 Å². The van der Waals surface area contributed by atoms with Gasteiger partial charge in [0.1, 0.15) is 0 Å². The molecule has 3 rings (SSSR count). The Morgan fingerprint density at radius 3 is 2.78 bits per heavy atom. The molecule has 3 heterocycles. The molecular formula is C12H9N5O. The molecule has 1 N–H and O–H groups in total. The maximum atomic E-state index is 12.1. The highest BCUT2D eigenvalue weighted by Gasteiger charge is 2.02. The first-order chi connectivity index (χ1) is 8.84. The van der Waals surface area contributed by atoms with E-state index in [0.29, 0.717) is 11.2 Å². The quantitative estimate of drug-likeness (QED) is 0.724. The summed E-state index contributed by atoms with van der Waals surface area (Å²) < 4.78 is 1.36. The van der Waals surface area contributed by atoms with E-state index in [2.05, 4.69) is 20.4 Å². The van der Waals surface area contributed by atoms with E-state index in [-0.39, 0.29) is 5.56 Å². The van der Waals surface area contributed by atoms with Gasteiger partial charge in [-0.15, -0.1) is 0 Å². The first kappa shape index (κ1) is 10.4. The minimum absolute atomic E-state index is 0.175. The molecule has 18 heavy (non-hydrogen) atoms. The van der Waals surface area contributed by atoms with Crippen molar-refractivity contribution >= 4 is 16.6 Å². The Labute approximate surface area is 102 Å². The second-order valence-corrected chi connectivity index (χ2v) is 3.66. The van der Waals surface area contributed by atoms with Gasteiger partial charge in [0.2, 0.25) is 0 Å². The summed E-state index contributed by atoms with van der Waals surface area (Å²) in [5.74, 6) is 0.503. The molecule has 0 unspecified atom stereocenters. The maximum absolute atomic E-state index is 12.1. The van der Waals surface area contributed by atoms with Crippen molar-refractivity contribution in [1.29, 1.82) is 0 Å². The zero-order valence-electron chi connectivity index (χ0n) is 9.32. The average Bonchev–Trinajstić information content (AvgIpc) is 2.43. The minimum atomic E-state index is -0.175. The van der Waals surface area contributed by atoms with Crippen LogP contribution in [0, 0.1) is 0 Å². The molecule has 0 bridgehead atoms. The second kappa shape index (κ2) is 4.25. The van der Waals surface area contributed by atoms with Crippen molar-refractivity contribution in [2.24, 2.45) is 0 Å². The lowest BCUT2D eigenvalue weighted by molar-refractivity contribution is 0.895. The Balaban J connectivity index is 2.08. The van der Waals surface area contributed by atoms with Gasteiger partial charge in [0.15, 0.2) is 5.82 Å². The van der Waals surface area contributed by atoms with Gasteiger partial charge in [-0.25, -0.2) is 9.66 Å². The number of hydrogen-bond donors (Lipinski definition) is 1. The van der Waals surface area contributed by atoms with E-state index in [0.717, 1.165) is 5.39 Å². The Morgan fingerprint density at radius 1 is 1.06 bits per heavy atom. The van der Waals surface area contributed by atoms with Gasteiger partial charge in [0, 0.05) is 31.0 Å². The van der Waals surface area contributed by atoms with Crippen LogP contribution in [0.2, 0.25) is 0 Å². The molecule has 0 aromatic carbocycles. The van der Waals surface area contributed by atoms with Crippen molar-refractivity contribution in [3.8, 4) is 0 Å². The van der Waals surface area contributed by atoms with Crippen LogP contribution in [-0.4, -0.2) is 19.6 Å². The van der Waals surface area contributed by atoms with Crippen LogP contribution in [0.15, 0.2) is 54.1 Å². The van der Waals surface area contributed by atoms with Crippen LogP contribution in [0.3, 0.4) is 0 Å². The summed E-state index contributed by atoms with van der Waals surface area (Å²) >= 11 is 0. The van der Waals surface area contributed by atoms with Crippen LogP contribution in [0.1, 0.15) is 0 Å². The van der Waals surface area contributed by atoms with Gasteiger partial charge in [-0.2, -0.15) is 0 Å². The predicted octanol–water partition coefficient (Wildman–Crippen LogP) is 1.06. The molecule has 0 spiro atoms. The molecule has 6 nitrogen and oxygen atoms in total. The molecule has 0 saturated carbocycles. The fourth-order valence-electron chi connectivity index (χ4n) is 1.65. The highest BCUT2D eigenvalue weighted by Crippen LogP contribution is 2.06. The summed E-state index contributed by atoms with van der Waals surface area (Å²) in [6.45, 7) is 0. The molecule has 0 fully saturated rings. The van der Waals surface area contributed by atoms with E-state index in [4.69, 9.17) is 0 Å². The van der Waals surface area contributed by atoms with Gasteiger partial charge in [-0.1, -0.05) is 0 Å². The van der Waals surface area contributed by atoms with Crippen molar-refractivity contribution in [3.05, 3.63) is 59.7 Å². The molecule has 0 amide bonds. The molecule has 3 aromatic rings. The van der Waals surface area contributed by atoms with E-state index >= 15 is 0 Å². The number of hydrogen-bond acceptors (Lipinski definition) is 5. The van der Waals surface area contributed by atoms with Gasteiger partial charge in [-0.3, -0.25) is 20.2 Å². The normalized spacial score (nSPS) is 10.4. The van der Waals surface area contributed by atoms with Crippen LogP contribution < -0.4 is 11.0 Å². The molecule has 0 saturated heterocycles. The van der Waals surface area contributed by atoms with Gasteiger partial charge in [0.05, 0.1) is 11.6 Å². The predicted molar refractivity (Wildman–Crippen MR) is 67.1 cm³/mol. The largest absolute Gasteiger partial charge is 0.278 e. The molecule has 0 radical (unpaired) electrons. The zero-order valence-corrected chi connectivity index (χ0v) is 9.32. The third-order valence-corrected chi connectivity index (χ3v) is 2.51. The molecule has 0 aliphatic rings. The maximum Gasteiger partial charge on any atom is 0.278 e. The molecular weight excluding hydrogens is 230 g/mol. The number of rotatable bonds is 2. The Bertz CT molecular complexity index is 738. The summed E-state index contributed by atoms with van der Waals surface area (Å²) in [4.78, 5) is 24.1. The van der Waals surface area contributed by atoms with E-state index < -0.39 is 0 Å². The minimum Gasteiger partial charge on any atom is -0.274 e. The van der Waals surface area contributed by atoms with E-state index in [9.17, 15) is 4.79 Å². The SMILES string of the molecule is O=c1c2cnccc2ccn1Nc1cnccn1. The molecule has 0 atom stereocenters. The first-order valence-corrected chi connectivity index (χ1v) is 5.33. The lowest BCUT2D eigenvalue weighted by Gasteiger charge is -2.08. The van der Waals surface area contributed by atoms with Crippen LogP contribution in [0.4, 0.5) is 5.82 Å². The van der Waals surface area contributed by atoms with Crippen LogP contribution in [0.5, 0.6) is 0 Å². The number of anilines is 1. The topological polar surface area (TPSA) is 72.7 Å². The Kier molecular flexibility index (Phi) is 2.45. The average molecular weight is 239 g/mol. The van der Waals surface area contributed by atoms with Gasteiger partial charge in [0.25, 0.3) is 5.56 Å². The number of pyridine rings is 2. The van der Waals surface area contributed by atoms with Crippen molar-refractivity contribution in [2.45, 2.75) is 0 Å². The van der Waals surface area contributed by atoms with Crippen LogP contribution in [-0.2, 0) is 0 Å². The number of fused-ring (bicyclic) bond motifs is 1. The standard InChI is InChI=1S/C12H9N5O/c18-12-10-7-13-3-1-9(10)2-6-17(12)16-11-8-14-4-5-15-11/h1-8H,(H,15,16). The summed E-state index contributed by atoms with van der Waals surface area (Å²) in [6.07, 6.45) is 9.52. The first-order valence-electron chi connectivity index (χ1n) is 5.33. The van der Waals surface area contributed by atoms with Crippen molar-refractivity contribution < 1.29 is 0 Å². The van der Waals surface area contributed by atoms with Gasteiger partial charge < -0.3 is 0 Å². The van der Waals surface area contributed by atoms with E-state index in [1.807, 2.05) is 6.07 Å². The lowest BCUT2D eigenvalue weighted by atomic mass is 10.2. The second-order valence-electron chi connectivity index (χ2n) is 3.66. The summed E-state index contributed by atoms with van der Waals surface area (Å²) in [5.41, 5.74) is 2.69. The zero-order chi connectivity index (χ0) is 12.4. The Morgan fingerprint density at radius 2 is 1.94 bits per heavy atom. The summed E-state index contributed by atoms with van der Waals surface area (Å²) in [7, 11) is 0. The highest BCUT2D eigenvalue weighted by molar-refractivity contribution is 5.80. The molecule has 0 aliphatic carbocycles. The van der Waals surface area contributed by atoms with Crippen LogP contribution >= 0.6 is 0 Å². The third-order valence-electron chi connectivity index (χ3n) is 2.51. The number of aromatic nitrogens is 4. The third kappa shape index (κ3) is 1.80. The highest BCUT2D eigenvalue weighted by atomic mass is 16.1. The molecule has 0 aliphatic heterocycles. The van der Waals surface area contributed by atoms with Crippen LogP contribution in [0.25, 0.3) is 10.8 Å². The lowest BCUT2D eigenvalue weighted by Crippen LogP contribution is -2.26. The summed E-state index contributed by atoms with van der Waals surface area (Å²) in [5, 5.41) is 1.41. The number of nitrogens with zero attached hydrogens (tertiary/aromatic N) is 4. The fraction of sp³-hybridized carbons (Fsp3) is 0. The van der Waals surface area contributed by atoms with Crippen molar-refractivity contribution in [1.82, 2.24) is 19.6 Å². The number of nitrogens with one attached hydrogen (secondary N) is 1. The monoisotopic (exact) mass is 239 g/mol. The summed E-state index contributed by atoms with van der Waals surface area (Å²) in [6, 6.07) is 3.63. The molecule has 3 aromatic heterocycles. The van der Waals surface area contributed by atoms with Crippen molar-refractivity contribution in [3.63, 3.8) is 0 Å². The molecule has 88 valence electrons. The molecule has 6 heteroatoms. The van der Waals surface area contributed by atoms with Gasteiger partial charge >= 0.3 is 0 Å². The Hall–Kier alpha value is -2.76. The fourth-order valence-corrected chi connectivity index (χ4v) is 1.65.